The van der Waals surface area contributed by atoms with Crippen molar-refractivity contribution in [2.45, 2.75) is 336 Å². The second-order valence-electron chi connectivity index (χ2n) is 21.0. The molecule has 0 spiro atoms. The van der Waals surface area contributed by atoms with E-state index < -0.39 is 6.10 Å². The maximum absolute atomic E-state index is 12.8. The maximum Gasteiger partial charge on any atom is 0.306 e. The largest absolute Gasteiger partial charge is 0.462 e. The van der Waals surface area contributed by atoms with Crippen LogP contribution in [0.4, 0.5) is 0 Å². The Morgan fingerprint density at radius 3 is 0.877 bits per heavy atom. The van der Waals surface area contributed by atoms with Gasteiger partial charge in [0.2, 0.25) is 0 Å². The smallest absolute Gasteiger partial charge is 0.306 e. The van der Waals surface area contributed by atoms with Crippen molar-refractivity contribution in [1.82, 2.24) is 0 Å². The van der Waals surface area contributed by atoms with Crippen molar-refractivity contribution in [2.75, 3.05) is 13.2 Å². The molecule has 6 nitrogen and oxygen atoms in total. The Labute approximate surface area is 406 Å². The molecule has 0 amide bonds. The highest BCUT2D eigenvalue weighted by molar-refractivity contribution is 5.71. The van der Waals surface area contributed by atoms with E-state index in [9.17, 15) is 14.4 Å². The van der Waals surface area contributed by atoms with Crippen LogP contribution in [0.3, 0.4) is 0 Å². The number of unbranched alkanes of at least 4 members (excludes halogenated alkanes) is 37. The van der Waals surface area contributed by atoms with E-state index in [1.165, 1.54) is 218 Å². The summed E-state index contributed by atoms with van der Waals surface area (Å²) in [5, 5.41) is 0. The van der Waals surface area contributed by atoms with Gasteiger partial charge in [0.05, 0.1) is 0 Å². The topological polar surface area (TPSA) is 78.9 Å². The van der Waals surface area contributed by atoms with E-state index in [0.717, 1.165) is 69.6 Å². The first-order valence-electron chi connectivity index (χ1n) is 29.3. The Morgan fingerprint density at radius 2 is 0.585 bits per heavy atom. The summed E-state index contributed by atoms with van der Waals surface area (Å²) >= 11 is 0. The molecule has 0 heterocycles. The third-order valence-corrected chi connectivity index (χ3v) is 13.8. The molecular weight excluding hydrogens is 805 g/mol. The normalized spacial score (nSPS) is 12.5. The molecule has 0 rings (SSSR count). The van der Waals surface area contributed by atoms with Crippen LogP contribution in [0, 0.1) is 11.8 Å². The van der Waals surface area contributed by atoms with Crippen LogP contribution in [0.15, 0.2) is 0 Å². The number of carbonyl (C=O) groups is 3. The fourth-order valence-electron chi connectivity index (χ4n) is 9.02. The van der Waals surface area contributed by atoms with Crippen molar-refractivity contribution in [3.8, 4) is 0 Å². The first-order chi connectivity index (χ1) is 31.8. The third-order valence-electron chi connectivity index (χ3n) is 13.8. The lowest BCUT2D eigenvalue weighted by Crippen LogP contribution is -2.30. The first-order valence-corrected chi connectivity index (χ1v) is 29.3. The van der Waals surface area contributed by atoms with Gasteiger partial charge in [0.25, 0.3) is 0 Å². The number of esters is 3. The van der Waals surface area contributed by atoms with Crippen LogP contribution in [-0.4, -0.2) is 37.2 Å². The van der Waals surface area contributed by atoms with Gasteiger partial charge in [0, 0.05) is 19.3 Å². The molecular formula is C59H114O6. The summed E-state index contributed by atoms with van der Waals surface area (Å²) < 4.78 is 16.9. The highest BCUT2D eigenvalue weighted by Crippen LogP contribution is 2.19. The number of hydrogen-bond donors (Lipinski definition) is 0. The Bertz CT molecular complexity index is 995. The van der Waals surface area contributed by atoms with E-state index in [0.29, 0.717) is 19.3 Å². The summed E-state index contributed by atoms with van der Waals surface area (Å²) in [4.78, 5) is 38.1. The average molecular weight is 920 g/mol. The maximum atomic E-state index is 12.8. The van der Waals surface area contributed by atoms with Crippen molar-refractivity contribution >= 4 is 17.9 Å². The summed E-state index contributed by atoms with van der Waals surface area (Å²) in [6.45, 7) is 11.4. The van der Waals surface area contributed by atoms with Gasteiger partial charge in [0.1, 0.15) is 13.2 Å². The fourth-order valence-corrected chi connectivity index (χ4v) is 9.02. The van der Waals surface area contributed by atoms with Gasteiger partial charge < -0.3 is 14.2 Å². The van der Waals surface area contributed by atoms with Gasteiger partial charge in [-0.15, -0.1) is 0 Å². The molecule has 2 atom stereocenters. The van der Waals surface area contributed by atoms with Gasteiger partial charge in [-0.1, -0.05) is 291 Å². The minimum atomic E-state index is -0.763. The molecule has 0 saturated heterocycles. The Hall–Kier alpha value is -1.59. The summed E-state index contributed by atoms with van der Waals surface area (Å²) in [6.07, 6.45) is 55.2. The molecule has 0 bridgehead atoms. The van der Waals surface area contributed by atoms with E-state index in [1.54, 1.807) is 0 Å². The molecule has 0 aromatic carbocycles. The van der Waals surface area contributed by atoms with Crippen molar-refractivity contribution in [3.05, 3.63) is 0 Å². The van der Waals surface area contributed by atoms with Gasteiger partial charge in [-0.2, -0.15) is 0 Å². The van der Waals surface area contributed by atoms with Gasteiger partial charge >= 0.3 is 17.9 Å². The van der Waals surface area contributed by atoms with Crippen LogP contribution >= 0.6 is 0 Å². The Morgan fingerprint density at radius 1 is 0.323 bits per heavy atom. The number of ether oxygens (including phenoxy) is 3. The molecule has 0 aliphatic heterocycles. The van der Waals surface area contributed by atoms with E-state index >= 15 is 0 Å². The van der Waals surface area contributed by atoms with E-state index in [1.807, 2.05) is 0 Å². The highest BCUT2D eigenvalue weighted by atomic mass is 16.6. The molecule has 0 aromatic rings. The fraction of sp³-hybridized carbons (Fsp3) is 0.949. The van der Waals surface area contributed by atoms with Gasteiger partial charge in [-0.05, 0) is 31.1 Å². The SMILES string of the molecule is CCCCCCCCCCCCCCCCCCCCCC(=O)OC[C@@H](COC(=O)CCCCCCCCCCCCCC(C)C)OC(=O)CCCCCCCCCCCCC(C)CC. The zero-order valence-electron chi connectivity index (χ0n) is 44.6. The zero-order valence-corrected chi connectivity index (χ0v) is 44.6. The van der Waals surface area contributed by atoms with E-state index in [2.05, 4.69) is 34.6 Å². The zero-order chi connectivity index (χ0) is 47.5. The summed E-state index contributed by atoms with van der Waals surface area (Å²) in [6, 6.07) is 0. The molecule has 0 saturated carbocycles. The second-order valence-corrected chi connectivity index (χ2v) is 21.0. The lowest BCUT2D eigenvalue weighted by Gasteiger charge is -2.18. The summed E-state index contributed by atoms with van der Waals surface area (Å²) in [5.74, 6) is 0.854. The van der Waals surface area contributed by atoms with Gasteiger partial charge in [-0.3, -0.25) is 14.4 Å². The molecule has 1 unspecified atom stereocenters. The number of carbonyl (C=O) groups excluding carboxylic acids is 3. The quantitative estimate of drug-likeness (QED) is 0.0344. The molecule has 386 valence electrons. The van der Waals surface area contributed by atoms with Crippen LogP contribution in [0.1, 0.15) is 330 Å². The molecule has 65 heavy (non-hydrogen) atoms. The van der Waals surface area contributed by atoms with Crippen molar-refractivity contribution < 1.29 is 28.6 Å². The second kappa shape index (κ2) is 51.8. The van der Waals surface area contributed by atoms with E-state index in [-0.39, 0.29) is 31.1 Å². The van der Waals surface area contributed by atoms with Crippen molar-refractivity contribution in [2.24, 2.45) is 11.8 Å². The van der Waals surface area contributed by atoms with Crippen LogP contribution in [0.25, 0.3) is 0 Å². The van der Waals surface area contributed by atoms with Crippen LogP contribution in [-0.2, 0) is 28.6 Å². The molecule has 0 radical (unpaired) electrons. The predicted molar refractivity (Wildman–Crippen MR) is 280 cm³/mol. The van der Waals surface area contributed by atoms with Gasteiger partial charge in [0.15, 0.2) is 6.10 Å². The van der Waals surface area contributed by atoms with Crippen LogP contribution < -0.4 is 0 Å². The molecule has 0 aliphatic carbocycles. The molecule has 0 N–H and O–H groups in total. The van der Waals surface area contributed by atoms with E-state index in [4.69, 9.17) is 14.2 Å². The third kappa shape index (κ3) is 51.6. The molecule has 6 heteroatoms. The minimum Gasteiger partial charge on any atom is -0.462 e. The summed E-state index contributed by atoms with van der Waals surface area (Å²) in [7, 11) is 0. The molecule has 0 aliphatic rings. The predicted octanol–water partition coefficient (Wildman–Crippen LogP) is 19.3. The Kier molecular flexibility index (Phi) is 50.5. The van der Waals surface area contributed by atoms with Crippen LogP contribution in [0.2, 0.25) is 0 Å². The number of rotatable bonds is 53. The lowest BCUT2D eigenvalue weighted by molar-refractivity contribution is -0.167. The number of hydrogen-bond acceptors (Lipinski definition) is 6. The van der Waals surface area contributed by atoms with Gasteiger partial charge in [-0.25, -0.2) is 0 Å². The lowest BCUT2D eigenvalue weighted by atomic mass is 9.99. The molecule has 0 aromatic heterocycles. The molecule has 0 fully saturated rings. The van der Waals surface area contributed by atoms with Crippen molar-refractivity contribution in [3.63, 3.8) is 0 Å². The standard InChI is InChI=1S/C59H114O6/c1-6-8-9-10-11-12-13-14-15-16-17-18-19-20-23-29-34-39-44-49-57(60)63-52-56(65-59(62)51-46-41-36-31-26-25-28-33-38-43-48-55(5)7-2)53-64-58(61)50-45-40-35-30-24-21-22-27-32-37-42-47-54(3)4/h54-56H,6-53H2,1-5H3/t55?,56-/m0/s1. The monoisotopic (exact) mass is 919 g/mol. The first kappa shape index (κ1) is 63.4. The average Bonchev–Trinajstić information content (AvgIpc) is 3.29. The Balaban J connectivity index is 4.28. The summed E-state index contributed by atoms with van der Waals surface area (Å²) in [5.41, 5.74) is 0. The van der Waals surface area contributed by atoms with Crippen molar-refractivity contribution in [1.29, 1.82) is 0 Å². The minimum absolute atomic E-state index is 0.0629. The highest BCUT2D eigenvalue weighted by Gasteiger charge is 2.19. The van der Waals surface area contributed by atoms with Crippen LogP contribution in [0.5, 0.6) is 0 Å².